The highest BCUT2D eigenvalue weighted by molar-refractivity contribution is 8.15. The molecule has 1 fully saturated rings. The number of fused-ring (bicyclic) bond motifs is 4. The van der Waals surface area contributed by atoms with Gasteiger partial charge in [-0.15, -0.1) is 11.8 Å². The number of nitrogens with zero attached hydrogens (tertiary/aromatic N) is 4. The Kier molecular flexibility index (Phi) is 9.26. The second-order valence-corrected chi connectivity index (χ2v) is 17.6. The van der Waals surface area contributed by atoms with Crippen molar-refractivity contribution in [1.29, 1.82) is 0 Å². The molecule has 1 N–H and O–H groups in total. The van der Waals surface area contributed by atoms with E-state index < -0.39 is 33.0 Å². The van der Waals surface area contributed by atoms with E-state index in [2.05, 4.69) is 10.4 Å². The van der Waals surface area contributed by atoms with E-state index in [-0.39, 0.29) is 44.5 Å². The predicted octanol–water partition coefficient (Wildman–Crippen LogP) is 8.39. The quantitative estimate of drug-likeness (QED) is 0.208. The van der Waals surface area contributed by atoms with E-state index >= 15 is 13.2 Å². The molecule has 55 heavy (non-hydrogen) atoms. The summed E-state index contributed by atoms with van der Waals surface area (Å²) in [5.41, 5.74) is 1.67. The summed E-state index contributed by atoms with van der Waals surface area (Å²) in [6, 6.07) is 18.0. The highest BCUT2D eigenvalue weighted by atomic mass is 32.2. The Morgan fingerprint density at radius 1 is 0.800 bits per heavy atom. The number of hydrogen-bond donors (Lipinski definition) is 1. The van der Waals surface area contributed by atoms with Crippen LogP contribution in [0.5, 0.6) is 5.75 Å². The van der Waals surface area contributed by atoms with E-state index in [1.807, 2.05) is 30.3 Å². The fraction of sp³-hybridized carbons (Fsp3) is 0.300. The van der Waals surface area contributed by atoms with Gasteiger partial charge in [0.15, 0.2) is 0 Å². The van der Waals surface area contributed by atoms with Crippen LogP contribution in [-0.2, 0) is 19.3 Å². The number of hydrazone groups is 2. The number of carbonyl (C=O) groups is 2. The molecule has 2 unspecified atom stereocenters. The number of amides is 2. The zero-order valence-corrected chi connectivity index (χ0v) is 31.9. The van der Waals surface area contributed by atoms with E-state index in [9.17, 15) is 14.0 Å². The number of carbonyl (C=O) groups excluding carboxylic acids is 2. The third kappa shape index (κ3) is 5.96. The summed E-state index contributed by atoms with van der Waals surface area (Å²) in [6.45, 7) is 2.96. The van der Waals surface area contributed by atoms with E-state index in [1.54, 1.807) is 12.1 Å². The van der Waals surface area contributed by atoms with Crippen LogP contribution in [0.15, 0.2) is 87.9 Å². The van der Waals surface area contributed by atoms with Crippen LogP contribution in [0.2, 0.25) is 0 Å². The Bertz CT molecular complexity index is 2340. The molecule has 0 radical (unpaired) electrons. The summed E-state index contributed by atoms with van der Waals surface area (Å²) in [6.07, 6.45) is 2.27. The van der Waals surface area contributed by atoms with Gasteiger partial charge in [0.25, 0.3) is 0 Å². The Balaban J connectivity index is 1.11. The number of rotatable bonds is 4. The number of ether oxygens (including phenoxy) is 1. The highest BCUT2D eigenvalue weighted by Gasteiger charge is 2.54. The van der Waals surface area contributed by atoms with Crippen LogP contribution in [0.3, 0.4) is 0 Å². The van der Waals surface area contributed by atoms with Crippen molar-refractivity contribution >= 4 is 57.2 Å². The number of hydrogen-bond acceptors (Lipinski definition) is 9. The predicted molar refractivity (Wildman–Crippen MR) is 207 cm³/mol. The van der Waals surface area contributed by atoms with Gasteiger partial charge in [-0.1, -0.05) is 59.9 Å². The average molecular weight is 804 g/mol. The molecule has 0 bridgehead atoms. The largest absolute Gasteiger partial charge is 0.493 e. The first-order chi connectivity index (χ1) is 26.6. The summed E-state index contributed by atoms with van der Waals surface area (Å²) in [4.78, 5) is 25.8. The highest BCUT2D eigenvalue weighted by Crippen LogP contribution is 2.58. The molecule has 0 aromatic heterocycles. The molecule has 5 aliphatic heterocycles. The van der Waals surface area contributed by atoms with E-state index in [1.165, 1.54) is 52.2 Å². The van der Waals surface area contributed by atoms with E-state index in [4.69, 9.17) is 9.84 Å². The number of halogens is 4. The fourth-order valence-electron chi connectivity index (χ4n) is 8.01. The van der Waals surface area contributed by atoms with Crippen molar-refractivity contribution in [2.24, 2.45) is 16.1 Å². The standard InChI is InChI=1S/C40H33F4N5O3S3/c1-22(50)48-39(13-16-52-34-10-3-2-8-29(34)39)54-37(46-48)28-20-32(43)26(19-33(28)44)25-7-4-9-30-35(25)53-17-14-40(30)49(38(51)23-6-5-15-45-21-23)47-36(55-40)27-18-24(41)11-12-31(27)42/h2-4,7-12,18-20,23,45H,5-6,13-17,21H2,1H3/t23?,39-,40?/m0/s1. The second-order valence-electron chi connectivity index (χ2n) is 13.9. The second kappa shape index (κ2) is 14.0. The molecule has 0 aliphatic carbocycles. The molecule has 2 amide bonds. The first-order valence-electron chi connectivity index (χ1n) is 17.9. The van der Waals surface area contributed by atoms with Gasteiger partial charge in [-0.3, -0.25) is 9.59 Å². The molecule has 5 aliphatic rings. The van der Waals surface area contributed by atoms with Gasteiger partial charge >= 0.3 is 0 Å². The summed E-state index contributed by atoms with van der Waals surface area (Å²) >= 11 is 3.83. The van der Waals surface area contributed by atoms with Crippen molar-refractivity contribution in [3.05, 3.63) is 118 Å². The first-order valence-corrected chi connectivity index (χ1v) is 20.6. The van der Waals surface area contributed by atoms with Crippen LogP contribution in [0.25, 0.3) is 11.1 Å². The van der Waals surface area contributed by atoms with Gasteiger partial charge < -0.3 is 10.1 Å². The maximum Gasteiger partial charge on any atom is 0.248 e. The number of piperidine rings is 1. The lowest BCUT2D eigenvalue weighted by Crippen LogP contribution is -2.48. The molecule has 9 rings (SSSR count). The van der Waals surface area contributed by atoms with Crippen LogP contribution in [0, 0.1) is 29.2 Å². The van der Waals surface area contributed by atoms with Gasteiger partial charge in [-0.25, -0.2) is 27.6 Å². The molecule has 4 aromatic carbocycles. The van der Waals surface area contributed by atoms with Crippen LogP contribution in [0.4, 0.5) is 17.6 Å². The minimum atomic E-state index is -1.14. The summed E-state index contributed by atoms with van der Waals surface area (Å²) in [5.74, 6) is -2.60. The molecular formula is C40H33F4N5O3S3. The van der Waals surface area contributed by atoms with Gasteiger partial charge in [0.05, 0.1) is 12.5 Å². The number of para-hydroxylation sites is 1. The van der Waals surface area contributed by atoms with Gasteiger partial charge in [-0.05, 0) is 67.8 Å². The first kappa shape index (κ1) is 36.3. The van der Waals surface area contributed by atoms with Gasteiger partial charge in [0.1, 0.15) is 48.8 Å². The number of thioether (sulfide) groups is 3. The number of benzene rings is 4. The minimum Gasteiger partial charge on any atom is -0.493 e. The van der Waals surface area contributed by atoms with Gasteiger partial charge in [0.2, 0.25) is 11.8 Å². The maximum absolute atomic E-state index is 16.5. The van der Waals surface area contributed by atoms with Crippen LogP contribution < -0.4 is 10.1 Å². The van der Waals surface area contributed by atoms with E-state index in [0.29, 0.717) is 59.9 Å². The molecule has 8 nitrogen and oxygen atoms in total. The Morgan fingerprint density at radius 2 is 1.51 bits per heavy atom. The lowest BCUT2D eigenvalue weighted by Gasteiger charge is -2.41. The fourth-order valence-corrected chi connectivity index (χ4v) is 12.4. The zero-order valence-electron chi connectivity index (χ0n) is 29.4. The molecule has 0 saturated carbocycles. The Hall–Kier alpha value is -4.31. The van der Waals surface area contributed by atoms with Gasteiger partial charge in [0, 0.05) is 58.4 Å². The van der Waals surface area contributed by atoms with Crippen molar-refractivity contribution in [3.63, 3.8) is 0 Å². The minimum absolute atomic E-state index is 0.00969. The summed E-state index contributed by atoms with van der Waals surface area (Å²) in [7, 11) is 0. The molecule has 15 heteroatoms. The van der Waals surface area contributed by atoms with Crippen molar-refractivity contribution in [3.8, 4) is 16.9 Å². The van der Waals surface area contributed by atoms with E-state index in [0.717, 1.165) is 48.9 Å². The molecule has 282 valence electrons. The van der Waals surface area contributed by atoms with Crippen molar-refractivity contribution in [2.75, 3.05) is 25.4 Å². The Labute approximate surface area is 327 Å². The van der Waals surface area contributed by atoms with Crippen LogP contribution in [0.1, 0.15) is 54.9 Å². The van der Waals surface area contributed by atoms with Crippen LogP contribution in [-0.4, -0.2) is 57.4 Å². The summed E-state index contributed by atoms with van der Waals surface area (Å²) < 4.78 is 68.5. The zero-order chi connectivity index (χ0) is 38.1. The summed E-state index contributed by atoms with van der Waals surface area (Å²) in [5, 5.41) is 15.6. The molecule has 4 aromatic rings. The topological polar surface area (TPSA) is 86.6 Å². The maximum atomic E-state index is 16.5. The molecular weight excluding hydrogens is 771 g/mol. The monoisotopic (exact) mass is 803 g/mol. The van der Waals surface area contributed by atoms with Crippen molar-refractivity contribution in [2.45, 2.75) is 47.2 Å². The molecule has 3 atom stereocenters. The smallest absolute Gasteiger partial charge is 0.248 e. The van der Waals surface area contributed by atoms with Crippen molar-refractivity contribution < 1.29 is 31.9 Å². The third-order valence-electron chi connectivity index (χ3n) is 10.6. The molecule has 5 heterocycles. The molecule has 1 saturated heterocycles. The normalized spacial score (nSPS) is 24.3. The van der Waals surface area contributed by atoms with Gasteiger partial charge in [-0.2, -0.15) is 10.2 Å². The molecule has 2 spiro atoms. The SMILES string of the molecule is CC(=O)N1N=C(c2cc(F)c(-c3cccc4c3SCCC43SC(c4cc(F)ccc4F)=NN3C(=O)C3CCCNC3)cc2F)S[C@]12CCOc1ccccc12. The lowest BCUT2D eigenvalue weighted by atomic mass is 9.93. The number of nitrogens with one attached hydrogen (secondary N) is 1. The van der Waals surface area contributed by atoms with Crippen LogP contribution >= 0.6 is 35.3 Å². The Morgan fingerprint density at radius 3 is 2.29 bits per heavy atom. The average Bonchev–Trinajstić information content (AvgIpc) is 3.76. The third-order valence-corrected chi connectivity index (χ3v) is 14.6. The lowest BCUT2D eigenvalue weighted by molar-refractivity contribution is -0.139. The van der Waals surface area contributed by atoms with Crippen molar-refractivity contribution in [1.82, 2.24) is 15.3 Å².